The molecule has 0 unspecified atom stereocenters. The van der Waals surface area contributed by atoms with Gasteiger partial charge in [-0.3, -0.25) is 14.9 Å². The van der Waals surface area contributed by atoms with Gasteiger partial charge in [0.2, 0.25) is 5.91 Å². The van der Waals surface area contributed by atoms with Crippen molar-refractivity contribution < 1.29 is 19.3 Å². The van der Waals surface area contributed by atoms with E-state index in [-0.39, 0.29) is 17.8 Å². The number of hydrogen-bond acceptors (Lipinski definition) is 6. The summed E-state index contributed by atoms with van der Waals surface area (Å²) in [5.41, 5.74) is 7.21. The molecule has 9 nitrogen and oxygen atoms in total. The molecule has 0 atom stereocenters. The molecule has 1 rings (SSSR count). The lowest BCUT2D eigenvalue weighted by molar-refractivity contribution is -0.384. The summed E-state index contributed by atoms with van der Waals surface area (Å²) in [6.45, 7) is 3.57. The Balaban J connectivity index is 2.92. The van der Waals surface area contributed by atoms with Crippen molar-refractivity contribution >= 4 is 23.4 Å². The fourth-order valence-corrected chi connectivity index (χ4v) is 1.58. The van der Waals surface area contributed by atoms with Crippen LogP contribution in [0, 0.1) is 17.0 Å². The van der Waals surface area contributed by atoms with Crippen LogP contribution in [0.15, 0.2) is 24.3 Å². The van der Waals surface area contributed by atoms with E-state index >= 15 is 0 Å². The van der Waals surface area contributed by atoms with Crippen molar-refractivity contribution in [2.45, 2.75) is 13.8 Å². The molecular formula is C13H16N4O5. The zero-order valence-corrected chi connectivity index (χ0v) is 12.1. The van der Waals surface area contributed by atoms with Gasteiger partial charge < -0.3 is 15.9 Å². The molecule has 0 bridgehead atoms. The van der Waals surface area contributed by atoms with E-state index in [4.69, 9.17) is 10.6 Å². The summed E-state index contributed by atoms with van der Waals surface area (Å²) in [6.07, 6.45) is 2.63. The number of amides is 2. The maximum absolute atomic E-state index is 11.4. The van der Waals surface area contributed by atoms with E-state index in [1.165, 1.54) is 13.0 Å². The minimum Gasteiger partial charge on any atom is -0.366 e. The largest absolute Gasteiger partial charge is 0.431 e. The topological polar surface area (TPSA) is 137 Å². The standard InChI is InChI=1S/C13H16N4O5/c1-3-4-5-15-13(19)22-16-11-8(2)6-9(12(14)18)7-10(11)17(20)21/h3-4,6-7,16H,5H2,1-2H3,(H2,14,18)(H,15,19). The Morgan fingerprint density at radius 1 is 1.45 bits per heavy atom. The summed E-state index contributed by atoms with van der Waals surface area (Å²) in [6, 6.07) is 2.37. The summed E-state index contributed by atoms with van der Waals surface area (Å²) in [7, 11) is 0. The summed E-state index contributed by atoms with van der Waals surface area (Å²) in [5, 5.41) is 13.4. The monoisotopic (exact) mass is 308 g/mol. The molecule has 1 aromatic rings. The summed E-state index contributed by atoms with van der Waals surface area (Å²) >= 11 is 0. The fraction of sp³-hybridized carbons (Fsp3) is 0.231. The first kappa shape index (κ1) is 17.0. The molecule has 0 aromatic heterocycles. The van der Waals surface area contributed by atoms with Crippen LogP contribution in [0.1, 0.15) is 22.8 Å². The number of allylic oxidation sites excluding steroid dienone is 1. The Bertz CT molecular complexity index is 627. The molecule has 0 aliphatic carbocycles. The van der Waals surface area contributed by atoms with E-state index in [2.05, 4.69) is 10.8 Å². The van der Waals surface area contributed by atoms with Gasteiger partial charge in [0.1, 0.15) is 0 Å². The maximum Gasteiger partial charge on any atom is 0.431 e. The Kier molecular flexibility index (Phi) is 5.87. The summed E-state index contributed by atoms with van der Waals surface area (Å²) in [5.74, 6) is -0.789. The second-order valence-electron chi connectivity index (χ2n) is 4.25. The second-order valence-corrected chi connectivity index (χ2v) is 4.25. The van der Waals surface area contributed by atoms with Gasteiger partial charge in [-0.2, -0.15) is 0 Å². The molecule has 0 fully saturated rings. The minimum atomic E-state index is -0.800. The van der Waals surface area contributed by atoms with E-state index in [9.17, 15) is 19.7 Å². The number of hydrogen-bond donors (Lipinski definition) is 3. The number of nitrogens with two attached hydrogens (primary N) is 1. The van der Waals surface area contributed by atoms with E-state index in [1.54, 1.807) is 19.1 Å². The molecule has 0 saturated heterocycles. The highest BCUT2D eigenvalue weighted by Gasteiger charge is 2.20. The lowest BCUT2D eigenvalue weighted by Crippen LogP contribution is -2.26. The van der Waals surface area contributed by atoms with Crippen LogP contribution in [0.5, 0.6) is 0 Å². The van der Waals surface area contributed by atoms with E-state index < -0.39 is 22.6 Å². The molecule has 118 valence electrons. The van der Waals surface area contributed by atoms with Gasteiger partial charge in [0.05, 0.1) is 4.92 Å². The quantitative estimate of drug-likeness (QED) is 0.415. The van der Waals surface area contributed by atoms with Gasteiger partial charge in [0.25, 0.3) is 5.69 Å². The summed E-state index contributed by atoms with van der Waals surface area (Å²) in [4.78, 5) is 37.6. The number of nitrogens with zero attached hydrogens (tertiary/aromatic N) is 1. The van der Waals surface area contributed by atoms with E-state index in [0.29, 0.717) is 5.56 Å². The SMILES string of the molecule is CC=CCNC(=O)ONc1c(C)cc(C(N)=O)cc1[N+](=O)[O-]. The molecule has 4 N–H and O–H groups in total. The van der Waals surface area contributed by atoms with Crippen LogP contribution in [0.3, 0.4) is 0 Å². The number of primary amides is 1. The number of nitro benzene ring substituents is 1. The normalized spacial score (nSPS) is 10.3. The lowest BCUT2D eigenvalue weighted by Gasteiger charge is -2.11. The highest BCUT2D eigenvalue weighted by atomic mass is 16.7. The predicted molar refractivity (Wildman–Crippen MR) is 79.3 cm³/mol. The van der Waals surface area contributed by atoms with Crippen molar-refractivity contribution in [2.75, 3.05) is 12.0 Å². The van der Waals surface area contributed by atoms with Crippen LogP contribution in [0.2, 0.25) is 0 Å². The zero-order chi connectivity index (χ0) is 16.7. The number of benzene rings is 1. The second kappa shape index (κ2) is 7.62. The van der Waals surface area contributed by atoms with Gasteiger partial charge in [-0.15, -0.1) is 0 Å². The fourth-order valence-electron chi connectivity index (χ4n) is 1.58. The minimum absolute atomic E-state index is 0.00714. The third-order valence-electron chi connectivity index (χ3n) is 2.64. The van der Waals surface area contributed by atoms with Crippen molar-refractivity contribution in [2.24, 2.45) is 5.73 Å². The number of rotatable bonds is 6. The van der Waals surface area contributed by atoms with E-state index in [1.807, 2.05) is 0 Å². The van der Waals surface area contributed by atoms with Crippen molar-refractivity contribution in [3.63, 3.8) is 0 Å². The average molecular weight is 308 g/mol. The number of nitro groups is 1. The van der Waals surface area contributed by atoms with Gasteiger partial charge in [-0.05, 0) is 25.5 Å². The van der Waals surface area contributed by atoms with Crippen LogP contribution in [0.25, 0.3) is 0 Å². The molecule has 0 aliphatic rings. The van der Waals surface area contributed by atoms with Crippen LogP contribution in [-0.4, -0.2) is 23.5 Å². The molecule has 0 radical (unpaired) electrons. The molecule has 0 heterocycles. The first-order valence-corrected chi connectivity index (χ1v) is 6.27. The Morgan fingerprint density at radius 3 is 2.68 bits per heavy atom. The molecule has 2 amide bonds. The molecule has 0 aliphatic heterocycles. The molecule has 0 saturated carbocycles. The molecular weight excluding hydrogens is 292 g/mol. The Labute approximate surface area is 126 Å². The Morgan fingerprint density at radius 2 is 2.14 bits per heavy atom. The molecule has 22 heavy (non-hydrogen) atoms. The van der Waals surface area contributed by atoms with Gasteiger partial charge in [0, 0.05) is 18.2 Å². The van der Waals surface area contributed by atoms with Gasteiger partial charge in [-0.25, -0.2) is 10.3 Å². The van der Waals surface area contributed by atoms with Crippen molar-refractivity contribution in [3.8, 4) is 0 Å². The van der Waals surface area contributed by atoms with Crippen LogP contribution in [-0.2, 0) is 4.84 Å². The van der Waals surface area contributed by atoms with Crippen LogP contribution >= 0.6 is 0 Å². The van der Waals surface area contributed by atoms with E-state index in [0.717, 1.165) is 6.07 Å². The number of anilines is 1. The third-order valence-corrected chi connectivity index (χ3v) is 2.64. The number of carbonyl (C=O) groups is 2. The first-order valence-electron chi connectivity index (χ1n) is 6.27. The van der Waals surface area contributed by atoms with Crippen molar-refractivity contribution in [3.05, 3.63) is 45.5 Å². The van der Waals surface area contributed by atoms with Crippen molar-refractivity contribution in [1.29, 1.82) is 0 Å². The van der Waals surface area contributed by atoms with Gasteiger partial charge in [-0.1, -0.05) is 12.2 Å². The van der Waals surface area contributed by atoms with Gasteiger partial charge in [0.15, 0.2) is 5.69 Å². The van der Waals surface area contributed by atoms with Crippen molar-refractivity contribution in [1.82, 2.24) is 5.32 Å². The first-order chi connectivity index (χ1) is 10.4. The number of aryl methyl sites for hydroxylation is 1. The Hall–Kier alpha value is -3.10. The molecule has 9 heteroatoms. The smallest absolute Gasteiger partial charge is 0.366 e. The van der Waals surface area contributed by atoms with Crippen LogP contribution < -0.4 is 16.5 Å². The maximum atomic E-state index is 11.4. The van der Waals surface area contributed by atoms with Crippen LogP contribution in [0.4, 0.5) is 16.2 Å². The highest BCUT2D eigenvalue weighted by molar-refractivity contribution is 5.95. The zero-order valence-electron chi connectivity index (χ0n) is 12.1. The highest BCUT2D eigenvalue weighted by Crippen LogP contribution is 2.29. The molecule has 1 aromatic carbocycles. The number of carbonyl (C=O) groups excluding carboxylic acids is 2. The lowest BCUT2D eigenvalue weighted by atomic mass is 10.1. The average Bonchev–Trinajstić information content (AvgIpc) is 2.45. The van der Waals surface area contributed by atoms with Gasteiger partial charge >= 0.3 is 6.09 Å². The number of nitrogens with one attached hydrogen (secondary N) is 2. The third kappa shape index (κ3) is 4.47. The predicted octanol–water partition coefficient (Wildman–Crippen LogP) is 1.63. The summed E-state index contributed by atoms with van der Waals surface area (Å²) < 4.78 is 0. The molecule has 0 spiro atoms.